The number of esters is 1. The number of hydrogen-bond donors (Lipinski definition) is 1. The fourth-order valence-corrected chi connectivity index (χ4v) is 1.75. The number of methoxy groups -OCH3 is 1. The minimum Gasteiger partial charge on any atom is -0.482 e. The predicted octanol–water partition coefficient (Wildman–Crippen LogP) is 2.19. The first kappa shape index (κ1) is 15.5. The minimum atomic E-state index is -0.514. The van der Waals surface area contributed by atoms with Gasteiger partial charge in [0, 0.05) is 5.69 Å². The number of carbonyl (C=O) groups excluding carboxylic acids is 2. The van der Waals surface area contributed by atoms with Crippen LogP contribution in [-0.2, 0) is 9.53 Å². The zero-order valence-corrected chi connectivity index (χ0v) is 12.3. The molecule has 0 atom stereocenters. The Morgan fingerprint density at radius 2 is 1.95 bits per heavy atom. The Morgan fingerprint density at radius 3 is 2.64 bits per heavy atom. The molecule has 1 N–H and O–H groups in total. The minimum absolute atomic E-state index is 0.180. The smallest absolute Gasteiger partial charge is 0.339 e. The molecule has 1 amide bonds. The van der Waals surface area contributed by atoms with Gasteiger partial charge in [0.05, 0.1) is 24.6 Å². The van der Waals surface area contributed by atoms with Crippen molar-refractivity contribution in [1.29, 1.82) is 0 Å². The summed E-state index contributed by atoms with van der Waals surface area (Å²) in [5.74, 6) is -0.390. The number of ether oxygens (including phenoxy) is 2. The molecule has 0 unspecified atom stereocenters. The van der Waals surface area contributed by atoms with Crippen LogP contribution in [0.4, 0.5) is 5.69 Å². The first-order valence-corrected chi connectivity index (χ1v) is 6.63. The van der Waals surface area contributed by atoms with E-state index in [-0.39, 0.29) is 18.1 Å². The molecule has 22 heavy (non-hydrogen) atoms. The Bertz CT molecular complexity index is 668. The molecule has 1 aromatic heterocycles. The van der Waals surface area contributed by atoms with Gasteiger partial charge in [-0.25, -0.2) is 4.79 Å². The summed E-state index contributed by atoms with van der Waals surface area (Å²) in [6.07, 6.45) is 1.55. The van der Waals surface area contributed by atoms with E-state index in [9.17, 15) is 9.59 Å². The fraction of sp³-hybridized carbons (Fsp3) is 0.188. The summed E-state index contributed by atoms with van der Waals surface area (Å²) in [7, 11) is 1.29. The van der Waals surface area contributed by atoms with Crippen LogP contribution in [0.1, 0.15) is 16.1 Å². The fourth-order valence-electron chi connectivity index (χ4n) is 1.75. The molecule has 6 nitrogen and oxygen atoms in total. The van der Waals surface area contributed by atoms with Crippen molar-refractivity contribution in [3.05, 3.63) is 53.9 Å². The van der Waals surface area contributed by atoms with Crippen LogP contribution in [-0.4, -0.2) is 30.6 Å². The van der Waals surface area contributed by atoms with E-state index in [1.807, 2.05) is 6.92 Å². The van der Waals surface area contributed by atoms with Crippen molar-refractivity contribution in [2.45, 2.75) is 6.92 Å². The molecular weight excluding hydrogens is 284 g/mol. The molecule has 0 spiro atoms. The summed E-state index contributed by atoms with van der Waals surface area (Å²) in [6, 6.07) is 10.1. The van der Waals surface area contributed by atoms with Crippen molar-refractivity contribution in [1.82, 2.24) is 4.98 Å². The molecule has 2 rings (SSSR count). The maximum Gasteiger partial charge on any atom is 0.339 e. The molecular formula is C16H16N2O4. The van der Waals surface area contributed by atoms with E-state index in [0.29, 0.717) is 11.4 Å². The molecule has 6 heteroatoms. The molecule has 0 aliphatic heterocycles. The van der Waals surface area contributed by atoms with Crippen molar-refractivity contribution in [3.8, 4) is 5.75 Å². The number of benzene rings is 1. The topological polar surface area (TPSA) is 77.5 Å². The van der Waals surface area contributed by atoms with Crippen LogP contribution in [0.5, 0.6) is 5.75 Å². The van der Waals surface area contributed by atoms with Crippen LogP contribution in [0, 0.1) is 6.92 Å². The first-order valence-electron chi connectivity index (χ1n) is 6.63. The summed E-state index contributed by atoms with van der Waals surface area (Å²) in [4.78, 5) is 27.6. The van der Waals surface area contributed by atoms with Gasteiger partial charge >= 0.3 is 5.97 Å². The van der Waals surface area contributed by atoms with Gasteiger partial charge in [0.2, 0.25) is 0 Å². The second kappa shape index (κ2) is 7.21. The molecule has 0 radical (unpaired) electrons. The average molecular weight is 300 g/mol. The third-order valence-corrected chi connectivity index (χ3v) is 2.86. The van der Waals surface area contributed by atoms with Crippen LogP contribution in [0.3, 0.4) is 0 Å². The van der Waals surface area contributed by atoms with Crippen LogP contribution in [0.25, 0.3) is 0 Å². The molecule has 0 bridgehead atoms. The maximum atomic E-state index is 11.9. The summed E-state index contributed by atoms with van der Waals surface area (Å²) >= 11 is 0. The van der Waals surface area contributed by atoms with Gasteiger partial charge in [0.25, 0.3) is 5.91 Å². The lowest BCUT2D eigenvalue weighted by Gasteiger charge is -2.10. The van der Waals surface area contributed by atoms with Gasteiger partial charge in [0.1, 0.15) is 5.75 Å². The van der Waals surface area contributed by atoms with Gasteiger partial charge in [-0.3, -0.25) is 9.78 Å². The Balaban J connectivity index is 1.97. The number of hydrogen-bond acceptors (Lipinski definition) is 5. The van der Waals surface area contributed by atoms with Crippen LogP contribution in [0.2, 0.25) is 0 Å². The zero-order chi connectivity index (χ0) is 15.9. The molecule has 0 saturated carbocycles. The predicted molar refractivity (Wildman–Crippen MR) is 80.9 cm³/mol. The third-order valence-electron chi connectivity index (χ3n) is 2.86. The largest absolute Gasteiger partial charge is 0.482 e. The van der Waals surface area contributed by atoms with E-state index in [1.165, 1.54) is 7.11 Å². The van der Waals surface area contributed by atoms with E-state index in [4.69, 9.17) is 4.74 Å². The van der Waals surface area contributed by atoms with Gasteiger partial charge in [-0.2, -0.15) is 0 Å². The van der Waals surface area contributed by atoms with E-state index >= 15 is 0 Å². The second-order valence-corrected chi connectivity index (χ2v) is 4.51. The van der Waals surface area contributed by atoms with Crippen LogP contribution >= 0.6 is 0 Å². The van der Waals surface area contributed by atoms with Gasteiger partial charge in [0.15, 0.2) is 6.61 Å². The lowest BCUT2D eigenvalue weighted by molar-refractivity contribution is -0.118. The normalized spacial score (nSPS) is 9.91. The van der Waals surface area contributed by atoms with Crippen molar-refractivity contribution >= 4 is 17.6 Å². The van der Waals surface area contributed by atoms with Crippen molar-refractivity contribution < 1.29 is 19.1 Å². The van der Waals surface area contributed by atoms with Gasteiger partial charge < -0.3 is 14.8 Å². The molecule has 0 fully saturated rings. The molecule has 1 heterocycles. The van der Waals surface area contributed by atoms with E-state index in [1.54, 1.807) is 42.6 Å². The summed E-state index contributed by atoms with van der Waals surface area (Å²) in [5.41, 5.74) is 1.53. The van der Waals surface area contributed by atoms with E-state index < -0.39 is 5.97 Å². The number of nitrogens with one attached hydrogen (secondary N) is 1. The number of nitrogens with zero attached hydrogens (tertiary/aromatic N) is 1. The number of pyridine rings is 1. The number of amides is 1. The number of aromatic nitrogens is 1. The van der Waals surface area contributed by atoms with Crippen molar-refractivity contribution in [2.75, 3.05) is 19.0 Å². The Hall–Kier alpha value is -2.89. The average Bonchev–Trinajstić information content (AvgIpc) is 2.54. The third kappa shape index (κ3) is 4.05. The van der Waals surface area contributed by atoms with Crippen molar-refractivity contribution in [2.24, 2.45) is 0 Å². The van der Waals surface area contributed by atoms with Gasteiger partial charge in [-0.1, -0.05) is 12.1 Å². The number of anilines is 1. The first-order chi connectivity index (χ1) is 10.6. The van der Waals surface area contributed by atoms with E-state index in [0.717, 1.165) is 5.69 Å². The lowest BCUT2D eigenvalue weighted by atomic mass is 10.2. The lowest BCUT2D eigenvalue weighted by Crippen LogP contribution is -2.21. The summed E-state index contributed by atoms with van der Waals surface area (Å²) in [6.45, 7) is 1.68. The van der Waals surface area contributed by atoms with E-state index in [2.05, 4.69) is 15.0 Å². The summed E-state index contributed by atoms with van der Waals surface area (Å²) in [5, 5.41) is 2.62. The Labute approximate surface area is 128 Å². The van der Waals surface area contributed by atoms with Gasteiger partial charge in [-0.15, -0.1) is 0 Å². The number of para-hydroxylation sites is 1. The SMILES string of the molecule is COC(=O)c1ccccc1NC(=O)COc1ccc(C)nc1. The zero-order valence-electron chi connectivity index (χ0n) is 12.3. The molecule has 1 aromatic carbocycles. The standard InChI is InChI=1S/C16H16N2O4/c1-11-7-8-12(9-17-11)22-10-15(19)18-14-6-4-3-5-13(14)16(20)21-2/h3-9H,10H2,1-2H3,(H,18,19). The second-order valence-electron chi connectivity index (χ2n) is 4.51. The van der Waals surface area contributed by atoms with Crippen LogP contribution in [0.15, 0.2) is 42.6 Å². The van der Waals surface area contributed by atoms with Gasteiger partial charge in [-0.05, 0) is 31.2 Å². The Morgan fingerprint density at radius 1 is 1.18 bits per heavy atom. The molecule has 0 saturated heterocycles. The highest BCUT2D eigenvalue weighted by Crippen LogP contribution is 2.16. The molecule has 2 aromatic rings. The Kier molecular flexibility index (Phi) is 5.08. The molecule has 0 aliphatic carbocycles. The molecule has 0 aliphatic rings. The maximum absolute atomic E-state index is 11.9. The van der Waals surface area contributed by atoms with Crippen LogP contribution < -0.4 is 10.1 Å². The van der Waals surface area contributed by atoms with Crippen molar-refractivity contribution in [3.63, 3.8) is 0 Å². The quantitative estimate of drug-likeness (QED) is 0.856. The highest BCUT2D eigenvalue weighted by Gasteiger charge is 2.13. The number of rotatable bonds is 5. The number of aryl methyl sites for hydroxylation is 1. The highest BCUT2D eigenvalue weighted by molar-refractivity contribution is 6.01. The highest BCUT2D eigenvalue weighted by atomic mass is 16.5. The molecule has 114 valence electrons. The summed E-state index contributed by atoms with van der Waals surface area (Å²) < 4.78 is 10.0. The monoisotopic (exact) mass is 300 g/mol. The number of carbonyl (C=O) groups is 2.